The SMILES string of the molecule is CC(C(=O)N1CCC([C@@H]2OCCC2C(=O)O)CC1)c1ccc(Cl)s1. The Labute approximate surface area is 150 Å². The van der Waals surface area contributed by atoms with Crippen molar-refractivity contribution in [3.05, 3.63) is 21.3 Å². The lowest BCUT2D eigenvalue weighted by Gasteiger charge is -2.36. The summed E-state index contributed by atoms with van der Waals surface area (Å²) in [5.41, 5.74) is 0. The fourth-order valence-electron chi connectivity index (χ4n) is 3.75. The Balaban J connectivity index is 1.56. The molecule has 24 heavy (non-hydrogen) atoms. The van der Waals surface area contributed by atoms with E-state index < -0.39 is 11.9 Å². The van der Waals surface area contributed by atoms with Gasteiger partial charge in [0.15, 0.2) is 0 Å². The summed E-state index contributed by atoms with van der Waals surface area (Å²) in [6, 6.07) is 3.73. The molecule has 2 fully saturated rings. The normalized spacial score (nSPS) is 26.5. The fraction of sp³-hybridized carbons (Fsp3) is 0.647. The molecule has 7 heteroatoms. The van der Waals surface area contributed by atoms with E-state index in [0.29, 0.717) is 30.5 Å². The highest BCUT2D eigenvalue weighted by molar-refractivity contribution is 7.16. The Bertz CT molecular complexity index is 611. The highest BCUT2D eigenvalue weighted by atomic mass is 35.5. The summed E-state index contributed by atoms with van der Waals surface area (Å²) in [5, 5.41) is 9.30. The second-order valence-electron chi connectivity index (χ2n) is 6.60. The number of hydrogen-bond donors (Lipinski definition) is 1. The summed E-state index contributed by atoms with van der Waals surface area (Å²) in [6.45, 7) is 3.77. The van der Waals surface area contributed by atoms with Crippen molar-refractivity contribution in [2.24, 2.45) is 11.8 Å². The van der Waals surface area contributed by atoms with E-state index in [4.69, 9.17) is 16.3 Å². The molecule has 2 aliphatic heterocycles. The number of halogens is 1. The molecule has 0 radical (unpaired) electrons. The van der Waals surface area contributed by atoms with Crippen molar-refractivity contribution in [2.45, 2.75) is 38.2 Å². The van der Waals surface area contributed by atoms with Crippen LogP contribution in [0.5, 0.6) is 0 Å². The predicted octanol–water partition coefficient (Wildman–Crippen LogP) is 3.23. The first-order valence-electron chi connectivity index (χ1n) is 8.35. The highest BCUT2D eigenvalue weighted by Gasteiger charge is 2.41. The molecule has 5 nitrogen and oxygen atoms in total. The molecule has 1 amide bonds. The van der Waals surface area contributed by atoms with Crippen LogP contribution in [0.3, 0.4) is 0 Å². The van der Waals surface area contributed by atoms with Gasteiger partial charge >= 0.3 is 5.97 Å². The van der Waals surface area contributed by atoms with E-state index >= 15 is 0 Å². The van der Waals surface area contributed by atoms with Crippen molar-refractivity contribution in [3.63, 3.8) is 0 Å². The molecule has 132 valence electrons. The van der Waals surface area contributed by atoms with Crippen molar-refractivity contribution in [2.75, 3.05) is 19.7 Å². The number of carbonyl (C=O) groups excluding carboxylic acids is 1. The van der Waals surface area contributed by atoms with Crippen molar-refractivity contribution in [1.29, 1.82) is 0 Å². The predicted molar refractivity (Wildman–Crippen MR) is 92.5 cm³/mol. The summed E-state index contributed by atoms with van der Waals surface area (Å²) in [5.74, 6) is -1.00. The third-order valence-corrected chi connectivity index (χ3v) is 6.57. The zero-order valence-corrected chi connectivity index (χ0v) is 15.2. The van der Waals surface area contributed by atoms with Crippen LogP contribution in [0.25, 0.3) is 0 Å². The van der Waals surface area contributed by atoms with Gasteiger partial charge in [0, 0.05) is 24.6 Å². The number of amides is 1. The molecule has 1 N–H and O–H groups in total. The molecule has 3 heterocycles. The van der Waals surface area contributed by atoms with E-state index in [0.717, 1.165) is 17.7 Å². The molecule has 0 bridgehead atoms. The van der Waals surface area contributed by atoms with Crippen molar-refractivity contribution >= 4 is 34.8 Å². The smallest absolute Gasteiger partial charge is 0.309 e. The summed E-state index contributed by atoms with van der Waals surface area (Å²) in [6.07, 6.45) is 2.00. The fourth-order valence-corrected chi connectivity index (χ4v) is 4.85. The Morgan fingerprint density at radius 1 is 1.33 bits per heavy atom. The Morgan fingerprint density at radius 2 is 2.04 bits per heavy atom. The van der Waals surface area contributed by atoms with Gasteiger partial charge in [-0.15, -0.1) is 11.3 Å². The van der Waals surface area contributed by atoms with Gasteiger partial charge in [0.05, 0.1) is 22.3 Å². The maximum atomic E-state index is 12.7. The Hall–Kier alpha value is -1.11. The number of ether oxygens (including phenoxy) is 1. The number of carbonyl (C=O) groups is 2. The van der Waals surface area contributed by atoms with E-state index in [9.17, 15) is 14.7 Å². The molecule has 0 saturated carbocycles. The highest BCUT2D eigenvalue weighted by Crippen LogP contribution is 2.35. The molecule has 0 aliphatic carbocycles. The summed E-state index contributed by atoms with van der Waals surface area (Å²) >= 11 is 7.40. The summed E-state index contributed by atoms with van der Waals surface area (Å²) < 4.78 is 6.38. The average Bonchev–Trinajstić information content (AvgIpc) is 3.22. The number of thiophene rings is 1. The molecular weight excluding hydrogens is 350 g/mol. The number of piperidine rings is 1. The molecule has 3 atom stereocenters. The topological polar surface area (TPSA) is 66.8 Å². The maximum Gasteiger partial charge on any atom is 0.309 e. The van der Waals surface area contributed by atoms with Crippen LogP contribution in [0.2, 0.25) is 4.34 Å². The monoisotopic (exact) mass is 371 g/mol. The lowest BCUT2D eigenvalue weighted by atomic mass is 9.84. The van der Waals surface area contributed by atoms with Crippen LogP contribution in [0, 0.1) is 11.8 Å². The van der Waals surface area contributed by atoms with Gasteiger partial charge < -0.3 is 14.7 Å². The molecular formula is C17H22ClNO4S. The lowest BCUT2D eigenvalue weighted by Crippen LogP contribution is -2.44. The van der Waals surface area contributed by atoms with Gasteiger partial charge in [-0.2, -0.15) is 0 Å². The second-order valence-corrected chi connectivity index (χ2v) is 8.34. The van der Waals surface area contributed by atoms with Crippen molar-refractivity contribution < 1.29 is 19.4 Å². The number of nitrogens with zero attached hydrogens (tertiary/aromatic N) is 1. The summed E-state index contributed by atoms with van der Waals surface area (Å²) in [4.78, 5) is 26.9. The van der Waals surface area contributed by atoms with E-state index in [1.165, 1.54) is 11.3 Å². The minimum atomic E-state index is -0.765. The van der Waals surface area contributed by atoms with Crippen LogP contribution in [0.4, 0.5) is 0 Å². The standard InChI is InChI=1S/C17H22ClNO4S/c1-10(13-2-3-14(18)24-13)16(20)19-7-4-11(5-8-19)15-12(17(21)22)6-9-23-15/h2-3,10-12,15H,4-9H2,1H3,(H,21,22)/t10?,12?,15-/m0/s1. The van der Waals surface area contributed by atoms with Gasteiger partial charge in [-0.3, -0.25) is 9.59 Å². The van der Waals surface area contributed by atoms with Crippen LogP contribution in [-0.4, -0.2) is 47.7 Å². The Morgan fingerprint density at radius 3 is 2.62 bits per heavy atom. The van der Waals surface area contributed by atoms with Crippen LogP contribution >= 0.6 is 22.9 Å². The van der Waals surface area contributed by atoms with E-state index in [2.05, 4.69) is 0 Å². The van der Waals surface area contributed by atoms with Crippen LogP contribution < -0.4 is 0 Å². The number of carboxylic acids is 1. The lowest BCUT2D eigenvalue weighted by molar-refractivity contribution is -0.146. The zero-order valence-electron chi connectivity index (χ0n) is 13.6. The number of likely N-dealkylation sites (tertiary alicyclic amines) is 1. The van der Waals surface area contributed by atoms with E-state index in [1.807, 2.05) is 24.0 Å². The van der Waals surface area contributed by atoms with E-state index in [-0.39, 0.29) is 23.8 Å². The van der Waals surface area contributed by atoms with Gasteiger partial charge in [0.1, 0.15) is 0 Å². The molecule has 0 aromatic carbocycles. The molecule has 1 aromatic rings. The molecule has 1 aromatic heterocycles. The maximum absolute atomic E-state index is 12.7. The minimum Gasteiger partial charge on any atom is -0.481 e. The van der Waals surface area contributed by atoms with Gasteiger partial charge in [0.2, 0.25) is 5.91 Å². The van der Waals surface area contributed by atoms with Crippen LogP contribution in [-0.2, 0) is 14.3 Å². The van der Waals surface area contributed by atoms with Crippen molar-refractivity contribution in [3.8, 4) is 0 Å². The van der Waals surface area contributed by atoms with Gasteiger partial charge in [-0.25, -0.2) is 0 Å². The average molecular weight is 372 g/mol. The molecule has 2 unspecified atom stereocenters. The first-order valence-corrected chi connectivity index (χ1v) is 9.55. The second kappa shape index (κ2) is 7.42. The van der Waals surface area contributed by atoms with Crippen LogP contribution in [0.15, 0.2) is 12.1 Å². The van der Waals surface area contributed by atoms with Gasteiger partial charge in [-0.1, -0.05) is 11.6 Å². The number of carboxylic acid groups (broad SMARTS) is 1. The molecule has 0 spiro atoms. The molecule has 3 rings (SSSR count). The molecule has 2 saturated heterocycles. The summed E-state index contributed by atoms with van der Waals surface area (Å²) in [7, 11) is 0. The number of aliphatic carboxylic acids is 1. The van der Waals surface area contributed by atoms with Crippen LogP contribution in [0.1, 0.15) is 37.0 Å². The van der Waals surface area contributed by atoms with Gasteiger partial charge in [-0.05, 0) is 44.2 Å². The minimum absolute atomic E-state index is 0.120. The first kappa shape index (κ1) is 17.7. The zero-order chi connectivity index (χ0) is 17.3. The van der Waals surface area contributed by atoms with Crippen molar-refractivity contribution in [1.82, 2.24) is 4.90 Å². The van der Waals surface area contributed by atoms with Gasteiger partial charge in [0.25, 0.3) is 0 Å². The third kappa shape index (κ3) is 3.60. The molecule has 2 aliphatic rings. The van der Waals surface area contributed by atoms with E-state index in [1.54, 1.807) is 0 Å². The Kier molecular flexibility index (Phi) is 5.47. The number of rotatable bonds is 4. The number of hydrogen-bond acceptors (Lipinski definition) is 4. The first-order chi connectivity index (χ1) is 11.5. The third-order valence-electron chi connectivity index (χ3n) is 5.16. The quantitative estimate of drug-likeness (QED) is 0.882. The largest absolute Gasteiger partial charge is 0.481 e.